The number of benzene rings is 1. The molecule has 2 rings (SSSR count). The first kappa shape index (κ1) is 18.8. The Bertz CT molecular complexity index is 588. The van der Waals surface area contributed by atoms with Gasteiger partial charge in [0.2, 0.25) is 0 Å². The number of ketones is 1. The van der Waals surface area contributed by atoms with Crippen molar-refractivity contribution in [1.29, 1.82) is 0 Å². The first-order valence-corrected chi connectivity index (χ1v) is 7.39. The number of rotatable bonds is 2. The third kappa shape index (κ3) is 4.09. The Kier molecular flexibility index (Phi) is 4.99. The highest BCUT2D eigenvalue weighted by Crippen LogP contribution is 2.40. The maximum absolute atomic E-state index is 12.9. The van der Waals surface area contributed by atoms with Crippen molar-refractivity contribution in [2.75, 3.05) is 0 Å². The van der Waals surface area contributed by atoms with E-state index in [9.17, 15) is 36.2 Å². The lowest BCUT2D eigenvalue weighted by atomic mass is 9.76. The first-order chi connectivity index (χ1) is 10.9. The highest BCUT2D eigenvalue weighted by atomic mass is 19.4. The molecule has 0 radical (unpaired) electrons. The van der Waals surface area contributed by atoms with Crippen molar-refractivity contribution in [3.63, 3.8) is 0 Å². The second-order valence-corrected chi connectivity index (χ2v) is 6.24. The summed E-state index contributed by atoms with van der Waals surface area (Å²) in [5.74, 6) is -1.26. The summed E-state index contributed by atoms with van der Waals surface area (Å²) in [7, 11) is 0. The van der Waals surface area contributed by atoms with Crippen molar-refractivity contribution in [3.8, 4) is 0 Å². The van der Waals surface area contributed by atoms with Crippen molar-refractivity contribution in [1.82, 2.24) is 0 Å². The molecule has 134 valence electrons. The largest absolute Gasteiger partial charge is 0.416 e. The second-order valence-electron chi connectivity index (χ2n) is 6.24. The molecule has 0 aliphatic heterocycles. The van der Waals surface area contributed by atoms with Crippen LogP contribution in [-0.4, -0.2) is 10.9 Å². The van der Waals surface area contributed by atoms with Gasteiger partial charge in [0.15, 0.2) is 0 Å². The Morgan fingerprint density at radius 3 is 2.00 bits per heavy atom. The zero-order valence-corrected chi connectivity index (χ0v) is 12.7. The molecule has 0 aromatic heterocycles. The number of Topliss-reactive ketones (excluding diaryl/α,β-unsaturated/α-hetero) is 1. The van der Waals surface area contributed by atoms with Crippen LogP contribution in [0.2, 0.25) is 0 Å². The molecule has 24 heavy (non-hydrogen) atoms. The van der Waals surface area contributed by atoms with Crippen molar-refractivity contribution >= 4 is 5.78 Å². The molecule has 1 aliphatic rings. The van der Waals surface area contributed by atoms with E-state index < -0.39 is 41.1 Å². The summed E-state index contributed by atoms with van der Waals surface area (Å²) >= 11 is 0. The zero-order valence-electron chi connectivity index (χ0n) is 12.7. The van der Waals surface area contributed by atoms with Crippen LogP contribution < -0.4 is 0 Å². The van der Waals surface area contributed by atoms with Crippen LogP contribution >= 0.6 is 0 Å². The van der Waals surface area contributed by atoms with Gasteiger partial charge in [0.1, 0.15) is 5.78 Å². The highest BCUT2D eigenvalue weighted by Gasteiger charge is 2.39. The van der Waals surface area contributed by atoms with Gasteiger partial charge in [-0.1, -0.05) is 6.92 Å². The Morgan fingerprint density at radius 1 is 1.04 bits per heavy atom. The predicted molar refractivity (Wildman–Crippen MR) is 72.9 cm³/mol. The van der Waals surface area contributed by atoms with Gasteiger partial charge in [-0.15, -0.1) is 0 Å². The van der Waals surface area contributed by atoms with E-state index in [-0.39, 0.29) is 30.6 Å². The number of alkyl halides is 6. The van der Waals surface area contributed by atoms with Gasteiger partial charge in [0, 0.05) is 12.3 Å². The molecule has 1 aliphatic carbocycles. The SMILES string of the molecule is C[C@H]1CCC(=O)[C@@H]([C@H](O)c2cc(C(F)(F)F)cc(C(F)(F)F)c2)C1. The van der Waals surface area contributed by atoms with E-state index in [2.05, 4.69) is 0 Å². The normalized spacial score (nSPS) is 24.1. The van der Waals surface area contributed by atoms with Crippen LogP contribution in [0.3, 0.4) is 0 Å². The molecule has 0 bridgehead atoms. The molecule has 1 aromatic carbocycles. The summed E-state index contributed by atoms with van der Waals surface area (Å²) in [6.07, 6.45) is -10.7. The number of halogens is 6. The molecular weight excluding hydrogens is 338 g/mol. The molecule has 1 fully saturated rings. The fourth-order valence-corrected chi connectivity index (χ4v) is 2.94. The lowest BCUT2D eigenvalue weighted by Gasteiger charge is -2.30. The van der Waals surface area contributed by atoms with Gasteiger partial charge in [0.05, 0.1) is 17.2 Å². The third-order valence-electron chi connectivity index (χ3n) is 4.29. The average Bonchev–Trinajstić information content (AvgIpc) is 2.46. The van der Waals surface area contributed by atoms with E-state index in [1.165, 1.54) is 0 Å². The van der Waals surface area contributed by atoms with Crippen LogP contribution in [0.5, 0.6) is 0 Å². The van der Waals surface area contributed by atoms with Gasteiger partial charge in [-0.2, -0.15) is 26.3 Å². The van der Waals surface area contributed by atoms with Gasteiger partial charge in [0.25, 0.3) is 0 Å². The van der Waals surface area contributed by atoms with E-state index in [1.54, 1.807) is 0 Å². The predicted octanol–water partition coefficient (Wildman–Crippen LogP) is 4.76. The second kappa shape index (κ2) is 6.38. The molecule has 1 aromatic rings. The minimum Gasteiger partial charge on any atom is -0.388 e. The minimum absolute atomic E-state index is 0.00152. The summed E-state index contributed by atoms with van der Waals surface area (Å²) < 4.78 is 77.2. The number of carbonyl (C=O) groups is 1. The standard InChI is InChI=1S/C16H16F6O2/c1-8-2-3-13(23)12(4-8)14(24)9-5-10(15(17,18)19)7-11(6-9)16(20,21)22/h5-8,12,14,24H,2-4H2,1H3/t8-,12-,14+/m0/s1. The quantitative estimate of drug-likeness (QED) is 0.778. The molecule has 0 saturated heterocycles. The van der Waals surface area contributed by atoms with Crippen LogP contribution in [0.4, 0.5) is 26.3 Å². The average molecular weight is 354 g/mol. The lowest BCUT2D eigenvalue weighted by molar-refractivity contribution is -0.143. The van der Waals surface area contributed by atoms with Gasteiger partial charge in [-0.3, -0.25) is 4.79 Å². The first-order valence-electron chi connectivity index (χ1n) is 7.39. The number of aliphatic hydroxyl groups is 1. The number of hydrogen-bond donors (Lipinski definition) is 1. The molecule has 2 nitrogen and oxygen atoms in total. The molecule has 0 unspecified atom stereocenters. The molecule has 0 heterocycles. The van der Waals surface area contributed by atoms with Crippen molar-refractivity contribution < 1.29 is 36.2 Å². The van der Waals surface area contributed by atoms with E-state index >= 15 is 0 Å². The Labute approximate surface area is 134 Å². The van der Waals surface area contributed by atoms with Crippen LogP contribution in [0.15, 0.2) is 18.2 Å². The van der Waals surface area contributed by atoms with Crippen molar-refractivity contribution in [2.24, 2.45) is 11.8 Å². The number of aliphatic hydroxyl groups excluding tert-OH is 1. The Hall–Kier alpha value is -1.57. The Balaban J connectivity index is 2.46. The Morgan fingerprint density at radius 2 is 1.54 bits per heavy atom. The van der Waals surface area contributed by atoms with Crippen LogP contribution in [0.1, 0.15) is 49.0 Å². The van der Waals surface area contributed by atoms with Gasteiger partial charge in [-0.25, -0.2) is 0 Å². The highest BCUT2D eigenvalue weighted by molar-refractivity contribution is 5.82. The summed E-state index contributed by atoms with van der Waals surface area (Å²) in [5, 5.41) is 10.3. The summed E-state index contributed by atoms with van der Waals surface area (Å²) in [5.41, 5.74) is -3.53. The number of carbonyl (C=O) groups excluding carboxylic acids is 1. The molecule has 8 heteroatoms. The summed E-state index contributed by atoms with van der Waals surface area (Å²) in [6, 6.07) is 0.959. The van der Waals surface area contributed by atoms with Gasteiger partial charge in [-0.05, 0) is 42.5 Å². The third-order valence-corrected chi connectivity index (χ3v) is 4.29. The smallest absolute Gasteiger partial charge is 0.388 e. The van der Waals surface area contributed by atoms with Crippen molar-refractivity contribution in [2.45, 2.75) is 44.6 Å². The summed E-state index contributed by atoms with van der Waals surface area (Å²) in [6.45, 7) is 1.82. The zero-order chi connectivity index (χ0) is 18.3. The van der Waals surface area contributed by atoms with E-state index in [0.717, 1.165) is 0 Å². The molecular formula is C16H16F6O2. The fourth-order valence-electron chi connectivity index (χ4n) is 2.94. The number of hydrogen-bond acceptors (Lipinski definition) is 2. The minimum atomic E-state index is -4.99. The summed E-state index contributed by atoms with van der Waals surface area (Å²) in [4.78, 5) is 11.9. The maximum atomic E-state index is 12.9. The van der Waals surface area contributed by atoms with Crippen LogP contribution in [-0.2, 0) is 17.1 Å². The van der Waals surface area contributed by atoms with Gasteiger partial charge >= 0.3 is 12.4 Å². The van der Waals surface area contributed by atoms with E-state index in [0.29, 0.717) is 18.6 Å². The maximum Gasteiger partial charge on any atom is 0.416 e. The van der Waals surface area contributed by atoms with Gasteiger partial charge < -0.3 is 5.11 Å². The monoisotopic (exact) mass is 354 g/mol. The van der Waals surface area contributed by atoms with Crippen molar-refractivity contribution in [3.05, 3.63) is 34.9 Å². The molecule has 3 atom stereocenters. The molecule has 0 amide bonds. The molecule has 1 N–H and O–H groups in total. The molecule has 0 spiro atoms. The van der Waals surface area contributed by atoms with E-state index in [4.69, 9.17) is 0 Å². The van der Waals surface area contributed by atoms with E-state index in [1.807, 2.05) is 6.92 Å². The fraction of sp³-hybridized carbons (Fsp3) is 0.562. The lowest BCUT2D eigenvalue weighted by Crippen LogP contribution is -2.29. The molecule has 1 saturated carbocycles. The van der Waals surface area contributed by atoms with Crippen LogP contribution in [0, 0.1) is 11.8 Å². The van der Waals surface area contributed by atoms with Crippen LogP contribution in [0.25, 0.3) is 0 Å². The topological polar surface area (TPSA) is 37.3 Å².